The number of carboxylic acids is 1. The summed E-state index contributed by atoms with van der Waals surface area (Å²) in [5.74, 6) is -1.00. The standard InChI is InChI=1S/C15H16N2O4S/c1-17(22(2,20)21)10-12-8-7-11(9-16-12)13-5-3-4-6-14(13)15(18)19/h3-9H,10H2,1-2H3,(H,18,19). The number of sulfonamides is 1. The predicted octanol–water partition coefficient (Wildman–Crippen LogP) is 1.84. The lowest BCUT2D eigenvalue weighted by molar-refractivity contribution is 0.0697. The second kappa shape index (κ2) is 6.25. The Balaban J connectivity index is 2.29. The molecule has 6 nitrogen and oxygen atoms in total. The van der Waals surface area contributed by atoms with E-state index in [1.165, 1.54) is 17.4 Å². The number of pyridine rings is 1. The molecule has 0 fully saturated rings. The van der Waals surface area contributed by atoms with Gasteiger partial charge in [0.2, 0.25) is 10.0 Å². The number of benzene rings is 1. The number of aromatic carboxylic acids is 1. The van der Waals surface area contributed by atoms with Gasteiger partial charge >= 0.3 is 5.97 Å². The molecule has 0 bridgehead atoms. The maximum absolute atomic E-state index is 11.4. The minimum atomic E-state index is -3.27. The quantitative estimate of drug-likeness (QED) is 0.908. The lowest BCUT2D eigenvalue weighted by atomic mass is 10.0. The first kappa shape index (κ1) is 16.1. The van der Waals surface area contributed by atoms with E-state index in [9.17, 15) is 18.3 Å². The number of hydrogen-bond donors (Lipinski definition) is 1. The van der Waals surface area contributed by atoms with Gasteiger partial charge in [0.05, 0.1) is 24.1 Å². The lowest BCUT2D eigenvalue weighted by Crippen LogP contribution is -2.25. The van der Waals surface area contributed by atoms with Crippen molar-refractivity contribution in [3.05, 3.63) is 53.9 Å². The molecule has 0 unspecified atom stereocenters. The van der Waals surface area contributed by atoms with E-state index in [0.717, 1.165) is 6.26 Å². The van der Waals surface area contributed by atoms with E-state index in [-0.39, 0.29) is 12.1 Å². The van der Waals surface area contributed by atoms with Crippen molar-refractivity contribution in [2.24, 2.45) is 0 Å². The van der Waals surface area contributed by atoms with E-state index in [1.54, 1.807) is 36.5 Å². The van der Waals surface area contributed by atoms with Crippen LogP contribution in [0.4, 0.5) is 0 Å². The van der Waals surface area contributed by atoms with E-state index in [0.29, 0.717) is 16.8 Å². The van der Waals surface area contributed by atoms with Gasteiger partial charge in [-0.1, -0.05) is 24.3 Å². The first-order valence-electron chi connectivity index (χ1n) is 6.48. The fourth-order valence-electron chi connectivity index (χ4n) is 1.94. The van der Waals surface area contributed by atoms with E-state index in [2.05, 4.69) is 4.98 Å². The smallest absolute Gasteiger partial charge is 0.336 e. The topological polar surface area (TPSA) is 87.6 Å². The van der Waals surface area contributed by atoms with Crippen molar-refractivity contribution in [2.45, 2.75) is 6.54 Å². The summed E-state index contributed by atoms with van der Waals surface area (Å²) in [7, 11) is -1.79. The van der Waals surface area contributed by atoms with E-state index in [1.807, 2.05) is 0 Å². The van der Waals surface area contributed by atoms with Crippen LogP contribution in [0.3, 0.4) is 0 Å². The van der Waals surface area contributed by atoms with Crippen LogP contribution in [0.15, 0.2) is 42.6 Å². The summed E-state index contributed by atoms with van der Waals surface area (Å²) in [6.45, 7) is 0.166. The summed E-state index contributed by atoms with van der Waals surface area (Å²) >= 11 is 0. The highest BCUT2D eigenvalue weighted by molar-refractivity contribution is 7.88. The zero-order valence-corrected chi connectivity index (χ0v) is 13.0. The molecule has 0 aliphatic carbocycles. The molecule has 0 aliphatic heterocycles. The Morgan fingerprint density at radius 3 is 2.45 bits per heavy atom. The average molecular weight is 320 g/mol. The van der Waals surface area contributed by atoms with Gasteiger partial charge in [0, 0.05) is 18.8 Å². The summed E-state index contributed by atoms with van der Waals surface area (Å²) < 4.78 is 23.9. The molecule has 22 heavy (non-hydrogen) atoms. The second-order valence-corrected chi connectivity index (χ2v) is 7.00. The minimum absolute atomic E-state index is 0.166. The van der Waals surface area contributed by atoms with Gasteiger partial charge in [-0.05, 0) is 17.7 Å². The summed E-state index contributed by atoms with van der Waals surface area (Å²) in [6, 6.07) is 10.1. The first-order valence-corrected chi connectivity index (χ1v) is 8.33. The van der Waals surface area contributed by atoms with Gasteiger partial charge in [0.15, 0.2) is 0 Å². The highest BCUT2D eigenvalue weighted by Crippen LogP contribution is 2.23. The highest BCUT2D eigenvalue weighted by atomic mass is 32.2. The van der Waals surface area contributed by atoms with Crippen molar-refractivity contribution >= 4 is 16.0 Å². The highest BCUT2D eigenvalue weighted by Gasteiger charge is 2.13. The van der Waals surface area contributed by atoms with Crippen LogP contribution in [0.2, 0.25) is 0 Å². The van der Waals surface area contributed by atoms with Crippen LogP contribution in [0, 0.1) is 0 Å². The predicted molar refractivity (Wildman–Crippen MR) is 82.9 cm³/mol. The van der Waals surface area contributed by atoms with Gasteiger partial charge in [0.1, 0.15) is 0 Å². The molecule has 2 rings (SSSR count). The monoisotopic (exact) mass is 320 g/mol. The molecule has 0 radical (unpaired) electrons. The third-order valence-corrected chi connectivity index (χ3v) is 4.51. The maximum atomic E-state index is 11.4. The lowest BCUT2D eigenvalue weighted by Gasteiger charge is -2.13. The summed E-state index contributed by atoms with van der Waals surface area (Å²) in [6.07, 6.45) is 2.68. The molecular weight excluding hydrogens is 304 g/mol. The number of hydrogen-bond acceptors (Lipinski definition) is 4. The van der Waals surface area contributed by atoms with Gasteiger partial charge in [-0.2, -0.15) is 4.31 Å². The Labute approximate surface area is 129 Å². The molecule has 7 heteroatoms. The molecule has 0 amide bonds. The van der Waals surface area contributed by atoms with Crippen molar-refractivity contribution in [3.8, 4) is 11.1 Å². The zero-order chi connectivity index (χ0) is 16.3. The number of rotatable bonds is 5. The molecular formula is C15H16N2O4S. The van der Waals surface area contributed by atoms with Gasteiger partial charge in [0.25, 0.3) is 0 Å². The molecule has 1 heterocycles. The van der Waals surface area contributed by atoms with E-state index >= 15 is 0 Å². The summed E-state index contributed by atoms with van der Waals surface area (Å²) in [4.78, 5) is 15.4. The third kappa shape index (κ3) is 3.69. The zero-order valence-electron chi connectivity index (χ0n) is 12.2. The molecule has 1 aromatic carbocycles. The largest absolute Gasteiger partial charge is 0.478 e. The van der Waals surface area contributed by atoms with Crippen molar-refractivity contribution in [2.75, 3.05) is 13.3 Å². The van der Waals surface area contributed by atoms with Crippen LogP contribution < -0.4 is 0 Å². The molecule has 0 aliphatic rings. The Morgan fingerprint density at radius 1 is 1.23 bits per heavy atom. The molecule has 1 N–H and O–H groups in total. The summed E-state index contributed by atoms with van der Waals surface area (Å²) in [5.41, 5.74) is 2.03. The van der Waals surface area contributed by atoms with Crippen LogP contribution in [-0.4, -0.2) is 42.1 Å². The number of aromatic nitrogens is 1. The molecule has 0 saturated heterocycles. The van der Waals surface area contributed by atoms with E-state index in [4.69, 9.17) is 0 Å². The molecule has 2 aromatic rings. The number of nitrogens with zero attached hydrogens (tertiary/aromatic N) is 2. The fourth-order valence-corrected chi connectivity index (χ4v) is 2.31. The Kier molecular flexibility index (Phi) is 4.58. The second-order valence-electron chi connectivity index (χ2n) is 4.91. The Morgan fingerprint density at radius 2 is 1.91 bits per heavy atom. The van der Waals surface area contributed by atoms with Crippen molar-refractivity contribution < 1.29 is 18.3 Å². The number of carboxylic acid groups (broad SMARTS) is 1. The summed E-state index contributed by atoms with van der Waals surface area (Å²) in [5, 5.41) is 9.20. The van der Waals surface area contributed by atoms with Crippen molar-refractivity contribution in [1.29, 1.82) is 0 Å². The van der Waals surface area contributed by atoms with Crippen molar-refractivity contribution in [1.82, 2.24) is 9.29 Å². The minimum Gasteiger partial charge on any atom is -0.478 e. The molecule has 1 aromatic heterocycles. The van der Waals surface area contributed by atoms with Gasteiger partial charge < -0.3 is 5.11 Å². The van der Waals surface area contributed by atoms with Crippen LogP contribution in [-0.2, 0) is 16.6 Å². The molecule has 0 atom stereocenters. The van der Waals surface area contributed by atoms with Crippen LogP contribution in [0.25, 0.3) is 11.1 Å². The SMILES string of the molecule is CN(Cc1ccc(-c2ccccc2C(=O)O)cn1)S(C)(=O)=O. The first-order chi connectivity index (χ1) is 10.3. The van der Waals surface area contributed by atoms with Gasteiger partial charge in [-0.15, -0.1) is 0 Å². The Bertz CT molecular complexity index is 785. The van der Waals surface area contributed by atoms with Gasteiger partial charge in [-0.25, -0.2) is 13.2 Å². The van der Waals surface area contributed by atoms with Crippen LogP contribution >= 0.6 is 0 Å². The van der Waals surface area contributed by atoms with Crippen LogP contribution in [0.1, 0.15) is 16.1 Å². The molecule has 0 saturated carbocycles. The van der Waals surface area contributed by atoms with Crippen molar-refractivity contribution in [3.63, 3.8) is 0 Å². The number of carbonyl (C=O) groups is 1. The van der Waals surface area contributed by atoms with Crippen LogP contribution in [0.5, 0.6) is 0 Å². The molecule has 0 spiro atoms. The average Bonchev–Trinajstić information content (AvgIpc) is 2.47. The third-order valence-electron chi connectivity index (χ3n) is 3.24. The molecule has 116 valence electrons. The van der Waals surface area contributed by atoms with E-state index < -0.39 is 16.0 Å². The van der Waals surface area contributed by atoms with Gasteiger partial charge in [-0.3, -0.25) is 4.98 Å². The Hall–Kier alpha value is -2.25. The normalized spacial score (nSPS) is 11.6. The maximum Gasteiger partial charge on any atom is 0.336 e. The fraction of sp³-hybridized carbons (Fsp3) is 0.200.